The van der Waals surface area contributed by atoms with Crippen molar-refractivity contribution in [1.29, 1.82) is 0 Å². The van der Waals surface area contributed by atoms with Crippen LogP contribution in [0.25, 0.3) is 0 Å². The predicted molar refractivity (Wildman–Crippen MR) is 111 cm³/mol. The minimum absolute atomic E-state index is 0.0865. The molecular weight excluding hydrogens is 400 g/mol. The molecular formula is C18H34N4O6S. The number of rotatable bonds is 12. The van der Waals surface area contributed by atoms with Gasteiger partial charge in [0.2, 0.25) is 17.7 Å². The van der Waals surface area contributed by atoms with Crippen LogP contribution >= 0.6 is 12.6 Å². The molecule has 7 N–H and O–H groups in total. The van der Waals surface area contributed by atoms with Gasteiger partial charge in [-0.1, -0.05) is 34.1 Å². The molecule has 0 fully saturated rings. The highest BCUT2D eigenvalue weighted by Crippen LogP contribution is 2.09. The molecule has 0 aromatic heterocycles. The summed E-state index contributed by atoms with van der Waals surface area (Å²) in [5.41, 5.74) is 5.61. The molecule has 3 amide bonds. The molecule has 0 spiro atoms. The average molecular weight is 435 g/mol. The molecule has 0 bridgehead atoms. The molecule has 10 nitrogen and oxygen atoms in total. The Hall–Kier alpha value is -1.85. The van der Waals surface area contributed by atoms with Crippen molar-refractivity contribution in [3.8, 4) is 0 Å². The maximum absolute atomic E-state index is 12.7. The van der Waals surface area contributed by atoms with Gasteiger partial charge in [-0.15, -0.1) is 0 Å². The van der Waals surface area contributed by atoms with E-state index in [1.807, 2.05) is 0 Å². The van der Waals surface area contributed by atoms with Gasteiger partial charge in [-0.05, 0) is 18.8 Å². The first-order chi connectivity index (χ1) is 13.4. The zero-order valence-corrected chi connectivity index (χ0v) is 18.4. The quantitative estimate of drug-likeness (QED) is 0.190. The van der Waals surface area contributed by atoms with Crippen molar-refractivity contribution >= 4 is 36.3 Å². The van der Waals surface area contributed by atoms with E-state index >= 15 is 0 Å². The first-order valence-electron chi connectivity index (χ1n) is 9.55. The van der Waals surface area contributed by atoms with Gasteiger partial charge in [-0.3, -0.25) is 14.4 Å². The van der Waals surface area contributed by atoms with Crippen molar-refractivity contribution < 1.29 is 29.4 Å². The highest BCUT2D eigenvalue weighted by Gasteiger charge is 2.34. The summed E-state index contributed by atoms with van der Waals surface area (Å²) >= 11 is 3.94. The molecule has 0 heterocycles. The number of aliphatic hydroxyl groups excluding tert-OH is 1. The van der Waals surface area contributed by atoms with Gasteiger partial charge in [0.15, 0.2) is 0 Å². The fraction of sp³-hybridized carbons (Fsp3) is 0.778. The SMILES string of the molecule is CCC(C)C(NC(=O)C(NC(=O)C(NC(=O)C(N)CS)C(C)C)C(C)O)C(=O)O. The Morgan fingerprint density at radius 2 is 1.34 bits per heavy atom. The lowest BCUT2D eigenvalue weighted by Gasteiger charge is -2.28. The van der Waals surface area contributed by atoms with Gasteiger partial charge in [-0.25, -0.2) is 4.79 Å². The first kappa shape index (κ1) is 27.1. The summed E-state index contributed by atoms with van der Waals surface area (Å²) in [6.07, 6.45) is -0.788. The molecule has 6 atom stereocenters. The lowest BCUT2D eigenvalue weighted by atomic mass is 9.98. The fourth-order valence-electron chi connectivity index (χ4n) is 2.45. The van der Waals surface area contributed by atoms with Crippen LogP contribution in [0.5, 0.6) is 0 Å². The number of hydrogen-bond donors (Lipinski definition) is 7. The third-order valence-corrected chi connectivity index (χ3v) is 5.01. The summed E-state index contributed by atoms with van der Waals surface area (Å²) in [5, 5.41) is 26.6. The van der Waals surface area contributed by atoms with Crippen molar-refractivity contribution in [2.45, 2.75) is 71.3 Å². The summed E-state index contributed by atoms with van der Waals surface area (Å²) in [6, 6.07) is -4.48. The van der Waals surface area contributed by atoms with Crippen molar-refractivity contribution in [2.75, 3.05) is 5.75 Å². The highest BCUT2D eigenvalue weighted by atomic mass is 32.1. The summed E-state index contributed by atoms with van der Waals surface area (Å²) in [5.74, 6) is -3.92. The average Bonchev–Trinajstić information content (AvgIpc) is 2.65. The largest absolute Gasteiger partial charge is 0.480 e. The van der Waals surface area contributed by atoms with E-state index in [2.05, 4.69) is 28.6 Å². The summed E-state index contributed by atoms with van der Waals surface area (Å²) in [4.78, 5) is 48.7. The van der Waals surface area contributed by atoms with E-state index in [1.54, 1.807) is 27.7 Å². The Bertz CT molecular complexity index is 587. The van der Waals surface area contributed by atoms with E-state index in [1.165, 1.54) is 6.92 Å². The van der Waals surface area contributed by atoms with Crippen molar-refractivity contribution in [3.63, 3.8) is 0 Å². The number of thiol groups is 1. The van der Waals surface area contributed by atoms with Gasteiger partial charge < -0.3 is 31.9 Å². The highest BCUT2D eigenvalue weighted by molar-refractivity contribution is 7.80. The number of aliphatic carboxylic acids is 1. The summed E-state index contributed by atoms with van der Waals surface area (Å²) in [6.45, 7) is 8.13. The Morgan fingerprint density at radius 1 is 0.897 bits per heavy atom. The molecule has 29 heavy (non-hydrogen) atoms. The van der Waals surface area contributed by atoms with Gasteiger partial charge in [-0.2, -0.15) is 12.6 Å². The first-order valence-corrected chi connectivity index (χ1v) is 10.2. The van der Waals surface area contributed by atoms with Crippen LogP contribution in [0.1, 0.15) is 41.0 Å². The molecule has 0 radical (unpaired) electrons. The van der Waals surface area contributed by atoms with Crippen molar-refractivity contribution in [1.82, 2.24) is 16.0 Å². The van der Waals surface area contributed by atoms with E-state index < -0.39 is 54.0 Å². The second-order valence-corrected chi connectivity index (χ2v) is 7.82. The Kier molecular flexibility index (Phi) is 11.8. The zero-order valence-electron chi connectivity index (χ0n) is 17.5. The molecule has 0 saturated carbocycles. The Morgan fingerprint density at radius 3 is 1.72 bits per heavy atom. The Labute approximate surface area is 176 Å². The number of nitrogens with two attached hydrogens (primary N) is 1. The van der Waals surface area contributed by atoms with Gasteiger partial charge >= 0.3 is 5.97 Å². The third-order valence-electron chi connectivity index (χ3n) is 4.62. The molecule has 6 unspecified atom stereocenters. The van der Waals surface area contributed by atoms with Crippen LogP contribution in [-0.4, -0.2) is 69.9 Å². The van der Waals surface area contributed by atoms with Gasteiger partial charge in [0, 0.05) is 5.75 Å². The van der Waals surface area contributed by atoms with Gasteiger partial charge in [0.25, 0.3) is 0 Å². The second kappa shape index (κ2) is 12.7. The smallest absolute Gasteiger partial charge is 0.326 e. The lowest BCUT2D eigenvalue weighted by Crippen LogP contribution is -2.61. The van der Waals surface area contributed by atoms with Gasteiger partial charge in [0.05, 0.1) is 12.1 Å². The fourth-order valence-corrected chi connectivity index (χ4v) is 2.62. The van der Waals surface area contributed by atoms with E-state index in [0.717, 1.165) is 0 Å². The maximum atomic E-state index is 12.7. The Balaban J connectivity index is 5.37. The molecule has 11 heteroatoms. The molecule has 0 aromatic rings. The minimum atomic E-state index is -1.40. The number of carboxylic acid groups (broad SMARTS) is 1. The molecule has 0 rings (SSSR count). The minimum Gasteiger partial charge on any atom is -0.480 e. The monoisotopic (exact) mass is 434 g/mol. The van der Waals surface area contributed by atoms with E-state index in [0.29, 0.717) is 6.42 Å². The lowest BCUT2D eigenvalue weighted by molar-refractivity contribution is -0.144. The molecule has 0 aliphatic carbocycles. The normalized spacial score (nSPS) is 17.4. The van der Waals surface area contributed by atoms with Crippen LogP contribution < -0.4 is 21.7 Å². The summed E-state index contributed by atoms with van der Waals surface area (Å²) < 4.78 is 0. The molecule has 0 aliphatic rings. The standard InChI is InChI=1S/C18H34N4O6S/c1-6-9(4)13(18(27)28)21-17(26)14(10(5)23)22-16(25)12(8(2)3)20-15(24)11(19)7-29/h8-14,23,29H,6-7,19H2,1-5H3,(H,20,24)(H,21,26)(H,22,25)(H,27,28). The van der Waals surface area contributed by atoms with Crippen LogP contribution in [0, 0.1) is 11.8 Å². The van der Waals surface area contributed by atoms with Gasteiger partial charge in [0.1, 0.15) is 18.1 Å². The maximum Gasteiger partial charge on any atom is 0.326 e. The number of aliphatic hydroxyl groups is 1. The number of carbonyl (C=O) groups is 4. The van der Waals surface area contributed by atoms with Crippen LogP contribution in [0.2, 0.25) is 0 Å². The number of carboxylic acids is 1. The third kappa shape index (κ3) is 8.58. The van der Waals surface area contributed by atoms with E-state index in [9.17, 15) is 29.4 Å². The van der Waals surface area contributed by atoms with Crippen molar-refractivity contribution in [2.24, 2.45) is 17.6 Å². The molecule has 0 aliphatic heterocycles. The van der Waals surface area contributed by atoms with Crippen LogP contribution in [-0.2, 0) is 19.2 Å². The molecule has 0 aromatic carbocycles. The van der Waals surface area contributed by atoms with Crippen molar-refractivity contribution in [3.05, 3.63) is 0 Å². The van der Waals surface area contributed by atoms with Crippen LogP contribution in [0.3, 0.4) is 0 Å². The van der Waals surface area contributed by atoms with Crippen LogP contribution in [0.15, 0.2) is 0 Å². The zero-order chi connectivity index (χ0) is 22.9. The number of carbonyl (C=O) groups excluding carboxylic acids is 3. The van der Waals surface area contributed by atoms with Crippen LogP contribution in [0.4, 0.5) is 0 Å². The molecule has 168 valence electrons. The second-order valence-electron chi connectivity index (χ2n) is 7.46. The summed E-state index contributed by atoms with van der Waals surface area (Å²) in [7, 11) is 0. The molecule has 0 saturated heterocycles. The number of nitrogens with one attached hydrogen (secondary N) is 3. The topological polar surface area (TPSA) is 171 Å². The number of hydrogen-bond acceptors (Lipinski definition) is 7. The van der Waals surface area contributed by atoms with E-state index in [4.69, 9.17) is 5.73 Å². The van der Waals surface area contributed by atoms with E-state index in [-0.39, 0.29) is 17.6 Å². The number of amides is 3. The predicted octanol–water partition coefficient (Wildman–Crippen LogP) is -1.13.